The highest BCUT2D eigenvalue weighted by molar-refractivity contribution is 6.02. The van der Waals surface area contributed by atoms with Gasteiger partial charge in [0.1, 0.15) is 11.5 Å². The molecule has 1 aromatic heterocycles. The SMILES string of the molecule is O=C(Nc1ccc(C(F)(F)F)cc1)n1nc(-c2ccccc2)c2ccc(F)cc21. The molecule has 146 valence electrons. The van der Waals surface area contributed by atoms with Crippen LogP contribution in [0.3, 0.4) is 0 Å². The Balaban J connectivity index is 1.72. The summed E-state index contributed by atoms with van der Waals surface area (Å²) in [6.07, 6.45) is -4.47. The third-order valence-corrected chi connectivity index (χ3v) is 4.35. The lowest BCUT2D eigenvalue weighted by Gasteiger charge is -2.09. The normalized spacial score (nSPS) is 11.6. The largest absolute Gasteiger partial charge is 0.416 e. The van der Waals surface area contributed by atoms with Crippen molar-refractivity contribution < 1.29 is 22.4 Å². The number of anilines is 1. The van der Waals surface area contributed by atoms with Crippen LogP contribution in [0.1, 0.15) is 5.56 Å². The maximum absolute atomic E-state index is 13.8. The maximum Gasteiger partial charge on any atom is 0.416 e. The molecule has 4 rings (SSSR count). The minimum atomic E-state index is -4.47. The molecule has 0 atom stereocenters. The monoisotopic (exact) mass is 399 g/mol. The zero-order valence-corrected chi connectivity index (χ0v) is 14.7. The van der Waals surface area contributed by atoms with Crippen LogP contribution in [0.25, 0.3) is 22.2 Å². The minimum absolute atomic E-state index is 0.157. The Bertz CT molecular complexity index is 1180. The minimum Gasteiger partial charge on any atom is -0.306 e. The summed E-state index contributed by atoms with van der Waals surface area (Å²) in [7, 11) is 0. The van der Waals surface area contributed by atoms with E-state index in [0.717, 1.165) is 34.5 Å². The molecule has 0 saturated heterocycles. The second-order valence-corrected chi connectivity index (χ2v) is 6.29. The number of halogens is 4. The van der Waals surface area contributed by atoms with Gasteiger partial charge in [-0.3, -0.25) is 0 Å². The van der Waals surface area contributed by atoms with E-state index in [2.05, 4.69) is 10.4 Å². The predicted octanol–water partition coefficient (Wildman–Crippen LogP) is 5.94. The average Bonchev–Trinajstić information content (AvgIpc) is 3.07. The lowest BCUT2D eigenvalue weighted by atomic mass is 10.1. The highest BCUT2D eigenvalue weighted by atomic mass is 19.4. The van der Waals surface area contributed by atoms with Gasteiger partial charge in [0.2, 0.25) is 0 Å². The molecule has 4 nitrogen and oxygen atoms in total. The van der Waals surface area contributed by atoms with E-state index in [9.17, 15) is 22.4 Å². The van der Waals surface area contributed by atoms with Crippen LogP contribution in [-0.2, 0) is 6.18 Å². The van der Waals surface area contributed by atoms with Crippen LogP contribution in [0.2, 0.25) is 0 Å². The van der Waals surface area contributed by atoms with Crippen LogP contribution in [0.15, 0.2) is 72.8 Å². The topological polar surface area (TPSA) is 46.9 Å². The molecule has 1 heterocycles. The van der Waals surface area contributed by atoms with E-state index >= 15 is 0 Å². The van der Waals surface area contributed by atoms with Crippen molar-refractivity contribution in [2.75, 3.05) is 5.32 Å². The zero-order chi connectivity index (χ0) is 20.6. The molecule has 0 aliphatic rings. The van der Waals surface area contributed by atoms with E-state index in [1.165, 1.54) is 18.2 Å². The molecule has 0 fully saturated rings. The fraction of sp³-hybridized carbons (Fsp3) is 0.0476. The molecule has 0 bridgehead atoms. The van der Waals surface area contributed by atoms with Gasteiger partial charge in [-0.1, -0.05) is 30.3 Å². The first-order valence-electron chi connectivity index (χ1n) is 8.55. The number of benzene rings is 3. The number of hydrogen-bond donors (Lipinski definition) is 1. The fourth-order valence-corrected chi connectivity index (χ4v) is 2.97. The number of alkyl halides is 3. The van der Waals surface area contributed by atoms with Crippen LogP contribution < -0.4 is 5.32 Å². The molecule has 0 aliphatic heterocycles. The summed E-state index contributed by atoms with van der Waals surface area (Å²) in [5, 5.41) is 7.37. The van der Waals surface area contributed by atoms with Crippen molar-refractivity contribution >= 4 is 22.6 Å². The quantitative estimate of drug-likeness (QED) is 0.424. The van der Waals surface area contributed by atoms with Crippen molar-refractivity contribution in [1.82, 2.24) is 9.78 Å². The Morgan fingerprint density at radius 1 is 0.931 bits per heavy atom. The van der Waals surface area contributed by atoms with Crippen molar-refractivity contribution in [2.24, 2.45) is 0 Å². The molecule has 8 heteroatoms. The predicted molar refractivity (Wildman–Crippen MR) is 101 cm³/mol. The van der Waals surface area contributed by atoms with Gasteiger partial charge in [0.15, 0.2) is 0 Å². The van der Waals surface area contributed by atoms with Gasteiger partial charge in [-0.05, 0) is 36.4 Å². The van der Waals surface area contributed by atoms with Crippen LogP contribution in [0, 0.1) is 5.82 Å². The Labute approximate surface area is 162 Å². The highest BCUT2D eigenvalue weighted by Gasteiger charge is 2.30. The molecule has 3 aromatic carbocycles. The van der Waals surface area contributed by atoms with E-state index in [1.807, 2.05) is 30.3 Å². The van der Waals surface area contributed by atoms with Crippen LogP contribution >= 0.6 is 0 Å². The number of carbonyl (C=O) groups is 1. The first-order chi connectivity index (χ1) is 13.8. The summed E-state index contributed by atoms with van der Waals surface area (Å²) in [5.74, 6) is -0.541. The lowest BCUT2D eigenvalue weighted by Crippen LogP contribution is -2.20. The molecule has 4 aromatic rings. The van der Waals surface area contributed by atoms with Crippen molar-refractivity contribution in [3.05, 3.63) is 84.2 Å². The molecule has 0 saturated carbocycles. The van der Waals surface area contributed by atoms with Crippen LogP contribution in [0.4, 0.5) is 28.0 Å². The smallest absolute Gasteiger partial charge is 0.306 e. The van der Waals surface area contributed by atoms with E-state index in [0.29, 0.717) is 11.1 Å². The Kier molecular flexibility index (Phi) is 4.54. The number of rotatable bonds is 2. The number of fused-ring (bicyclic) bond motifs is 1. The van der Waals surface area contributed by atoms with Crippen LogP contribution in [0.5, 0.6) is 0 Å². The molecule has 0 unspecified atom stereocenters. The summed E-state index contributed by atoms with van der Waals surface area (Å²) in [4.78, 5) is 12.7. The van der Waals surface area contributed by atoms with Gasteiger partial charge in [0.05, 0.1) is 11.1 Å². The summed E-state index contributed by atoms with van der Waals surface area (Å²) < 4.78 is 52.9. The first kappa shape index (κ1) is 18.7. The standard InChI is InChI=1S/C21H13F4N3O/c22-15-8-11-17-18(12-15)28(27-19(17)13-4-2-1-3-5-13)20(29)26-16-9-6-14(7-10-16)21(23,24)25/h1-12H,(H,26,29). The van der Waals surface area contributed by atoms with Crippen molar-refractivity contribution in [1.29, 1.82) is 0 Å². The van der Waals surface area contributed by atoms with Gasteiger partial charge in [0.25, 0.3) is 0 Å². The number of amides is 1. The maximum atomic E-state index is 13.8. The number of aromatic nitrogens is 2. The van der Waals surface area contributed by atoms with Crippen molar-refractivity contribution in [2.45, 2.75) is 6.18 Å². The van der Waals surface area contributed by atoms with E-state index in [1.54, 1.807) is 0 Å². The lowest BCUT2D eigenvalue weighted by molar-refractivity contribution is -0.137. The molecular formula is C21H13F4N3O. The number of carbonyl (C=O) groups excluding carboxylic acids is 1. The summed E-state index contributed by atoms with van der Waals surface area (Å²) in [5.41, 5.74) is 0.805. The molecule has 1 amide bonds. The van der Waals surface area contributed by atoms with Gasteiger partial charge < -0.3 is 5.32 Å². The first-order valence-corrected chi connectivity index (χ1v) is 8.55. The molecule has 0 radical (unpaired) electrons. The molecular weight excluding hydrogens is 386 g/mol. The Hall–Kier alpha value is -3.68. The van der Waals surface area contributed by atoms with Crippen LogP contribution in [-0.4, -0.2) is 15.8 Å². The molecule has 29 heavy (non-hydrogen) atoms. The number of nitrogens with zero attached hydrogens (tertiary/aromatic N) is 2. The van der Waals surface area contributed by atoms with Gasteiger partial charge in [-0.2, -0.15) is 23.0 Å². The molecule has 0 aliphatic carbocycles. The second-order valence-electron chi connectivity index (χ2n) is 6.29. The number of hydrogen-bond acceptors (Lipinski definition) is 2. The summed E-state index contributed by atoms with van der Waals surface area (Å²) in [6.45, 7) is 0. The fourth-order valence-electron chi connectivity index (χ4n) is 2.97. The van der Waals surface area contributed by atoms with E-state index in [-0.39, 0.29) is 11.2 Å². The Morgan fingerprint density at radius 3 is 2.28 bits per heavy atom. The third-order valence-electron chi connectivity index (χ3n) is 4.35. The average molecular weight is 399 g/mol. The van der Waals surface area contributed by atoms with Gasteiger partial charge in [0, 0.05) is 22.7 Å². The molecule has 0 spiro atoms. The van der Waals surface area contributed by atoms with E-state index < -0.39 is 23.6 Å². The zero-order valence-electron chi connectivity index (χ0n) is 14.7. The Morgan fingerprint density at radius 2 is 1.62 bits per heavy atom. The molecule has 1 N–H and O–H groups in total. The van der Waals surface area contributed by atoms with Gasteiger partial charge in [-0.25, -0.2) is 9.18 Å². The third kappa shape index (κ3) is 3.69. The highest BCUT2D eigenvalue weighted by Crippen LogP contribution is 2.31. The van der Waals surface area contributed by atoms with Gasteiger partial charge in [-0.15, -0.1) is 0 Å². The van der Waals surface area contributed by atoms with Crippen molar-refractivity contribution in [3.8, 4) is 11.3 Å². The van der Waals surface area contributed by atoms with Crippen molar-refractivity contribution in [3.63, 3.8) is 0 Å². The summed E-state index contributed by atoms with van der Waals surface area (Å²) in [6, 6.07) is 16.4. The van der Waals surface area contributed by atoms with Gasteiger partial charge >= 0.3 is 12.2 Å². The summed E-state index contributed by atoms with van der Waals surface area (Å²) >= 11 is 0. The second kappa shape index (κ2) is 7.05. The van der Waals surface area contributed by atoms with E-state index in [4.69, 9.17) is 0 Å². The number of nitrogens with one attached hydrogen (secondary N) is 1.